The predicted octanol–water partition coefficient (Wildman–Crippen LogP) is 1.96. The molecule has 9 heteroatoms. The van der Waals surface area contributed by atoms with Crippen molar-refractivity contribution in [1.29, 1.82) is 0 Å². The average molecular weight is 374 g/mol. The van der Waals surface area contributed by atoms with Crippen LogP contribution in [-0.2, 0) is 10.0 Å². The lowest BCUT2D eigenvalue weighted by molar-refractivity contribution is 0.318. The van der Waals surface area contributed by atoms with E-state index in [1.807, 2.05) is 16.7 Å². The standard InChI is InChI=1S/C17H22N6O2S/c1-17(2)8-10(22-26(24,25)11-3-4-11)7-12(17)16-21-20-14-9-19-15-13(23(14)16)5-6-18-15/h5-6,9-12,18,22H,3-4,7-8H2,1-2H3. The highest BCUT2D eigenvalue weighted by Gasteiger charge is 2.46. The van der Waals surface area contributed by atoms with Gasteiger partial charge in [0.25, 0.3) is 0 Å². The molecule has 8 nitrogen and oxygen atoms in total. The van der Waals surface area contributed by atoms with Crippen molar-refractivity contribution in [2.45, 2.75) is 56.7 Å². The number of fused-ring (bicyclic) bond motifs is 3. The minimum absolute atomic E-state index is 0.0588. The number of aromatic amines is 1. The summed E-state index contributed by atoms with van der Waals surface area (Å²) in [6.07, 6.45) is 6.65. The minimum atomic E-state index is -3.19. The molecule has 0 radical (unpaired) electrons. The molecule has 0 saturated heterocycles. The number of nitrogens with zero attached hydrogens (tertiary/aromatic N) is 4. The number of nitrogens with one attached hydrogen (secondary N) is 2. The summed E-state index contributed by atoms with van der Waals surface area (Å²) in [5.41, 5.74) is 2.37. The van der Waals surface area contributed by atoms with Gasteiger partial charge in [-0.1, -0.05) is 13.8 Å². The molecule has 3 heterocycles. The quantitative estimate of drug-likeness (QED) is 0.726. The Morgan fingerprint density at radius 3 is 2.88 bits per heavy atom. The molecule has 2 N–H and O–H groups in total. The fourth-order valence-electron chi connectivity index (χ4n) is 4.34. The Kier molecular flexibility index (Phi) is 3.28. The highest BCUT2D eigenvalue weighted by molar-refractivity contribution is 7.90. The van der Waals surface area contributed by atoms with E-state index >= 15 is 0 Å². The monoisotopic (exact) mass is 374 g/mol. The van der Waals surface area contributed by atoms with Gasteiger partial charge in [0, 0.05) is 18.2 Å². The van der Waals surface area contributed by atoms with Crippen LogP contribution in [0.15, 0.2) is 18.5 Å². The van der Waals surface area contributed by atoms with Crippen molar-refractivity contribution >= 4 is 26.8 Å². The molecule has 3 aromatic rings. The van der Waals surface area contributed by atoms with Crippen LogP contribution in [-0.4, -0.2) is 44.3 Å². The van der Waals surface area contributed by atoms with Crippen molar-refractivity contribution in [3.63, 3.8) is 0 Å². The maximum atomic E-state index is 12.3. The van der Waals surface area contributed by atoms with Crippen LogP contribution in [0.4, 0.5) is 0 Å². The second-order valence-corrected chi connectivity index (χ2v) is 10.3. The van der Waals surface area contributed by atoms with Crippen molar-refractivity contribution in [2.24, 2.45) is 5.41 Å². The first-order valence-corrected chi connectivity index (χ1v) is 10.6. The molecular weight excluding hydrogens is 352 g/mol. The summed E-state index contributed by atoms with van der Waals surface area (Å²) in [4.78, 5) is 7.48. The Hall–Kier alpha value is -2.00. The van der Waals surface area contributed by atoms with Gasteiger partial charge < -0.3 is 4.98 Å². The molecular formula is C17H22N6O2S. The van der Waals surface area contributed by atoms with E-state index in [4.69, 9.17) is 0 Å². The molecule has 2 unspecified atom stereocenters. The van der Waals surface area contributed by atoms with Gasteiger partial charge in [-0.25, -0.2) is 18.1 Å². The lowest BCUT2D eigenvalue weighted by Gasteiger charge is -2.25. The van der Waals surface area contributed by atoms with Crippen LogP contribution < -0.4 is 4.72 Å². The molecule has 5 rings (SSSR count). The number of H-pyrrole nitrogens is 1. The fraction of sp³-hybridized carbons (Fsp3) is 0.588. The zero-order valence-corrected chi connectivity index (χ0v) is 15.6. The van der Waals surface area contributed by atoms with Crippen LogP contribution in [0.5, 0.6) is 0 Å². The molecule has 0 aromatic carbocycles. The fourth-order valence-corrected chi connectivity index (χ4v) is 5.93. The van der Waals surface area contributed by atoms with E-state index in [2.05, 4.69) is 38.7 Å². The van der Waals surface area contributed by atoms with E-state index in [1.54, 1.807) is 6.20 Å². The second-order valence-electron chi connectivity index (χ2n) is 8.26. The first-order valence-electron chi connectivity index (χ1n) is 9.03. The second kappa shape index (κ2) is 5.26. The Labute approximate surface area is 151 Å². The third-order valence-electron chi connectivity index (χ3n) is 5.81. The van der Waals surface area contributed by atoms with E-state index in [0.29, 0.717) is 5.65 Å². The van der Waals surface area contributed by atoms with Crippen LogP contribution >= 0.6 is 0 Å². The molecule has 138 valence electrons. The van der Waals surface area contributed by atoms with E-state index in [1.165, 1.54) is 0 Å². The van der Waals surface area contributed by atoms with Crippen LogP contribution in [0.1, 0.15) is 51.3 Å². The molecule has 0 aliphatic heterocycles. The molecule has 2 aliphatic carbocycles. The summed E-state index contributed by atoms with van der Waals surface area (Å²) in [7, 11) is -3.19. The van der Waals surface area contributed by atoms with Crippen LogP contribution in [0, 0.1) is 5.41 Å². The van der Waals surface area contributed by atoms with Gasteiger partial charge in [0.05, 0.1) is 17.0 Å². The average Bonchev–Trinajstić information content (AvgIpc) is 3.07. The lowest BCUT2D eigenvalue weighted by atomic mass is 9.81. The van der Waals surface area contributed by atoms with Gasteiger partial charge in [-0.05, 0) is 37.2 Å². The molecule has 0 spiro atoms. The zero-order chi connectivity index (χ0) is 18.1. The molecule has 2 atom stereocenters. The first-order chi connectivity index (χ1) is 12.4. The Morgan fingerprint density at radius 2 is 2.12 bits per heavy atom. The molecule has 0 bridgehead atoms. The van der Waals surface area contributed by atoms with Gasteiger partial charge in [-0.3, -0.25) is 4.40 Å². The zero-order valence-electron chi connectivity index (χ0n) is 14.8. The molecule has 0 amide bonds. The number of hydrogen-bond donors (Lipinski definition) is 2. The van der Waals surface area contributed by atoms with E-state index in [0.717, 1.165) is 42.7 Å². The number of hydrogen-bond acceptors (Lipinski definition) is 5. The molecule has 3 aromatic heterocycles. The van der Waals surface area contributed by atoms with E-state index in [9.17, 15) is 8.42 Å². The summed E-state index contributed by atoms with van der Waals surface area (Å²) in [5.74, 6) is 0.995. The van der Waals surface area contributed by atoms with Crippen LogP contribution in [0.2, 0.25) is 0 Å². The predicted molar refractivity (Wildman–Crippen MR) is 97.3 cm³/mol. The SMILES string of the molecule is CC1(C)CC(NS(=O)(=O)C2CC2)CC1c1nnc2cnc3[nH]ccc3n12. The van der Waals surface area contributed by atoms with Crippen LogP contribution in [0.25, 0.3) is 16.8 Å². The largest absolute Gasteiger partial charge is 0.345 e. The Bertz CT molecular complexity index is 1100. The van der Waals surface area contributed by atoms with Gasteiger partial charge in [0.1, 0.15) is 5.82 Å². The highest BCUT2D eigenvalue weighted by atomic mass is 32.2. The summed E-state index contributed by atoms with van der Waals surface area (Å²) >= 11 is 0. The van der Waals surface area contributed by atoms with Gasteiger partial charge in [0.15, 0.2) is 11.3 Å². The molecule has 26 heavy (non-hydrogen) atoms. The van der Waals surface area contributed by atoms with Crippen molar-refractivity contribution in [3.8, 4) is 0 Å². The number of rotatable bonds is 4. The van der Waals surface area contributed by atoms with Gasteiger partial charge in [-0.15, -0.1) is 10.2 Å². The Balaban J connectivity index is 1.53. The lowest BCUT2D eigenvalue weighted by Crippen LogP contribution is -2.35. The smallest absolute Gasteiger partial charge is 0.214 e. The van der Waals surface area contributed by atoms with Gasteiger partial charge >= 0.3 is 0 Å². The first kappa shape index (κ1) is 16.2. The van der Waals surface area contributed by atoms with Gasteiger partial charge in [-0.2, -0.15) is 0 Å². The minimum Gasteiger partial charge on any atom is -0.345 e. The van der Waals surface area contributed by atoms with Crippen molar-refractivity contribution in [1.82, 2.24) is 29.3 Å². The van der Waals surface area contributed by atoms with E-state index in [-0.39, 0.29) is 22.6 Å². The summed E-state index contributed by atoms with van der Waals surface area (Å²) in [5, 5.41) is 8.57. The topological polar surface area (TPSA) is 105 Å². The Morgan fingerprint density at radius 1 is 1.31 bits per heavy atom. The number of sulfonamides is 1. The molecule has 2 aliphatic rings. The van der Waals surface area contributed by atoms with Crippen molar-refractivity contribution < 1.29 is 8.42 Å². The van der Waals surface area contributed by atoms with Gasteiger partial charge in [0.2, 0.25) is 10.0 Å². The summed E-state index contributed by atoms with van der Waals surface area (Å²) in [6, 6.07) is 1.91. The highest BCUT2D eigenvalue weighted by Crippen LogP contribution is 2.49. The molecule has 2 fully saturated rings. The van der Waals surface area contributed by atoms with E-state index < -0.39 is 10.0 Å². The van der Waals surface area contributed by atoms with Crippen molar-refractivity contribution in [3.05, 3.63) is 24.3 Å². The third kappa shape index (κ3) is 2.44. The van der Waals surface area contributed by atoms with Crippen molar-refractivity contribution in [2.75, 3.05) is 0 Å². The third-order valence-corrected chi connectivity index (χ3v) is 7.82. The number of aromatic nitrogens is 5. The normalized spacial score (nSPS) is 26.1. The summed E-state index contributed by atoms with van der Waals surface area (Å²) < 4.78 is 29.7. The maximum absolute atomic E-state index is 12.3. The van der Waals surface area contributed by atoms with Crippen LogP contribution in [0.3, 0.4) is 0 Å². The maximum Gasteiger partial charge on any atom is 0.214 e. The summed E-state index contributed by atoms with van der Waals surface area (Å²) in [6.45, 7) is 4.36. The molecule has 2 saturated carbocycles.